The van der Waals surface area contributed by atoms with Gasteiger partial charge in [0.2, 0.25) is 0 Å². The molecule has 4 rings (SSSR count). The van der Waals surface area contributed by atoms with Gasteiger partial charge in [0.05, 0.1) is 13.2 Å². The van der Waals surface area contributed by atoms with Crippen LogP contribution in [0.4, 0.5) is 0 Å². The smallest absolute Gasteiger partial charge is 0.123 e. The third-order valence-electron chi connectivity index (χ3n) is 5.71. The summed E-state index contributed by atoms with van der Waals surface area (Å²) in [5.41, 5.74) is 2.40. The van der Waals surface area contributed by atoms with Gasteiger partial charge in [-0.15, -0.1) is 0 Å². The molecule has 0 radical (unpaired) electrons. The number of rotatable bonds is 9. The quantitative estimate of drug-likeness (QED) is 0.470. The molecule has 4 heteroatoms. The fraction of sp³-hybridized carbons (Fsp3) is 0.333. The van der Waals surface area contributed by atoms with Gasteiger partial charge in [0.15, 0.2) is 0 Å². The summed E-state index contributed by atoms with van der Waals surface area (Å²) in [6.45, 7) is 3.55. The summed E-state index contributed by atoms with van der Waals surface area (Å²) in [5, 5.41) is 0. The minimum Gasteiger partial charge on any atom is -0.497 e. The van der Waals surface area contributed by atoms with E-state index in [1.165, 1.54) is 11.1 Å². The molecule has 0 saturated carbocycles. The van der Waals surface area contributed by atoms with E-state index in [4.69, 9.17) is 14.2 Å². The Hall–Kier alpha value is -2.82. The van der Waals surface area contributed by atoms with Crippen LogP contribution in [0.15, 0.2) is 84.9 Å². The van der Waals surface area contributed by atoms with E-state index in [9.17, 15) is 0 Å². The number of likely N-dealkylation sites (tertiary alicyclic amines) is 1. The van der Waals surface area contributed by atoms with E-state index >= 15 is 0 Å². The third-order valence-corrected chi connectivity index (χ3v) is 5.71. The summed E-state index contributed by atoms with van der Waals surface area (Å²) in [4.78, 5) is 2.45. The van der Waals surface area contributed by atoms with Gasteiger partial charge in [0.1, 0.15) is 24.2 Å². The average Bonchev–Trinajstić information content (AvgIpc) is 2.84. The number of methoxy groups -OCH3 is 1. The lowest BCUT2D eigenvalue weighted by molar-refractivity contribution is -0.0349. The lowest BCUT2D eigenvalue weighted by Gasteiger charge is -2.35. The van der Waals surface area contributed by atoms with Crippen molar-refractivity contribution in [3.63, 3.8) is 0 Å². The van der Waals surface area contributed by atoms with Crippen LogP contribution < -0.4 is 9.47 Å². The minimum absolute atomic E-state index is 0.0413. The number of hydrogen-bond acceptors (Lipinski definition) is 4. The molecule has 0 aliphatic carbocycles. The van der Waals surface area contributed by atoms with Crippen LogP contribution in [-0.2, 0) is 4.74 Å². The van der Waals surface area contributed by atoms with Gasteiger partial charge in [-0.05, 0) is 42.6 Å². The highest BCUT2D eigenvalue weighted by Gasteiger charge is 2.25. The van der Waals surface area contributed by atoms with Crippen LogP contribution in [0.3, 0.4) is 0 Å². The molecule has 1 fully saturated rings. The van der Waals surface area contributed by atoms with Gasteiger partial charge in [-0.25, -0.2) is 0 Å². The molecular formula is C27H31NO3. The molecule has 4 nitrogen and oxygen atoms in total. The first-order valence-corrected chi connectivity index (χ1v) is 11.1. The number of hydrogen-bond donors (Lipinski definition) is 0. The van der Waals surface area contributed by atoms with Gasteiger partial charge in [-0.2, -0.15) is 0 Å². The fourth-order valence-electron chi connectivity index (χ4n) is 4.11. The van der Waals surface area contributed by atoms with E-state index in [2.05, 4.69) is 65.6 Å². The van der Waals surface area contributed by atoms with E-state index in [1.54, 1.807) is 7.11 Å². The predicted molar refractivity (Wildman–Crippen MR) is 124 cm³/mol. The number of piperidine rings is 1. The molecule has 3 aromatic carbocycles. The molecule has 3 aromatic rings. The monoisotopic (exact) mass is 417 g/mol. The van der Waals surface area contributed by atoms with Crippen molar-refractivity contribution < 1.29 is 14.2 Å². The largest absolute Gasteiger partial charge is 0.497 e. The maximum absolute atomic E-state index is 6.69. The van der Waals surface area contributed by atoms with Crippen LogP contribution in [0.5, 0.6) is 11.5 Å². The minimum atomic E-state index is -0.0413. The molecule has 1 heterocycles. The third kappa shape index (κ3) is 6.09. The van der Waals surface area contributed by atoms with E-state index < -0.39 is 0 Å². The van der Waals surface area contributed by atoms with Gasteiger partial charge >= 0.3 is 0 Å². The normalized spacial score (nSPS) is 16.9. The first kappa shape index (κ1) is 21.4. The molecule has 1 unspecified atom stereocenters. The van der Waals surface area contributed by atoms with Crippen molar-refractivity contribution in [3.05, 3.63) is 96.1 Å². The van der Waals surface area contributed by atoms with Gasteiger partial charge in [0, 0.05) is 19.2 Å². The van der Waals surface area contributed by atoms with Crippen molar-refractivity contribution in [2.45, 2.75) is 25.0 Å². The Morgan fingerprint density at radius 3 is 2.23 bits per heavy atom. The zero-order valence-electron chi connectivity index (χ0n) is 18.2. The van der Waals surface area contributed by atoms with E-state index in [0.717, 1.165) is 44.0 Å². The molecule has 0 aromatic heterocycles. The molecule has 0 N–H and O–H groups in total. The van der Waals surface area contributed by atoms with E-state index in [1.807, 2.05) is 24.3 Å². The SMILES string of the molecule is COc1cccc(OCCN2CCCC(OC(c3ccccc3)c3ccccc3)C2)c1. The first-order valence-electron chi connectivity index (χ1n) is 11.1. The summed E-state index contributed by atoms with van der Waals surface area (Å²) in [7, 11) is 1.67. The Morgan fingerprint density at radius 1 is 0.871 bits per heavy atom. The maximum atomic E-state index is 6.69. The second kappa shape index (κ2) is 11.0. The van der Waals surface area contributed by atoms with Crippen molar-refractivity contribution in [1.82, 2.24) is 4.90 Å². The van der Waals surface area contributed by atoms with Crippen molar-refractivity contribution in [2.24, 2.45) is 0 Å². The Bertz CT molecular complexity index is 877. The number of nitrogens with zero attached hydrogens (tertiary/aromatic N) is 1. The van der Waals surface area contributed by atoms with Crippen molar-refractivity contribution in [1.29, 1.82) is 0 Å². The first-order chi connectivity index (χ1) is 15.3. The number of benzene rings is 3. The van der Waals surface area contributed by atoms with Crippen molar-refractivity contribution >= 4 is 0 Å². The second-order valence-corrected chi connectivity index (χ2v) is 7.93. The van der Waals surface area contributed by atoms with Crippen LogP contribution in [0.2, 0.25) is 0 Å². The van der Waals surface area contributed by atoms with Crippen LogP contribution in [0, 0.1) is 0 Å². The van der Waals surface area contributed by atoms with Crippen LogP contribution in [-0.4, -0.2) is 44.4 Å². The standard InChI is InChI=1S/C27H31NO3/c1-29-24-14-8-15-25(20-24)30-19-18-28-17-9-16-26(21-28)31-27(22-10-4-2-5-11-22)23-12-6-3-7-13-23/h2-8,10-15,20,26-27H,9,16-19,21H2,1H3. The van der Waals surface area contributed by atoms with Gasteiger partial charge in [0.25, 0.3) is 0 Å². The molecule has 31 heavy (non-hydrogen) atoms. The molecule has 0 bridgehead atoms. The Balaban J connectivity index is 1.34. The molecule has 162 valence electrons. The van der Waals surface area contributed by atoms with E-state index in [0.29, 0.717) is 6.61 Å². The average molecular weight is 418 g/mol. The summed E-state index contributed by atoms with van der Waals surface area (Å²) >= 11 is 0. The molecule has 1 aliphatic heterocycles. The zero-order valence-corrected chi connectivity index (χ0v) is 18.2. The topological polar surface area (TPSA) is 30.9 Å². The fourth-order valence-corrected chi connectivity index (χ4v) is 4.11. The lowest BCUT2D eigenvalue weighted by Crippen LogP contribution is -2.42. The van der Waals surface area contributed by atoms with Crippen molar-refractivity contribution in [3.8, 4) is 11.5 Å². The van der Waals surface area contributed by atoms with E-state index in [-0.39, 0.29) is 12.2 Å². The Labute approximate surface area is 185 Å². The molecule has 0 spiro atoms. The van der Waals surface area contributed by atoms with Gasteiger partial charge < -0.3 is 14.2 Å². The Morgan fingerprint density at radius 2 is 1.55 bits per heavy atom. The molecule has 0 amide bonds. The highest BCUT2D eigenvalue weighted by Crippen LogP contribution is 2.29. The predicted octanol–water partition coefficient (Wildman–Crippen LogP) is 5.34. The summed E-state index contributed by atoms with van der Waals surface area (Å²) in [5.74, 6) is 1.66. The van der Waals surface area contributed by atoms with Crippen LogP contribution in [0.25, 0.3) is 0 Å². The molecule has 1 saturated heterocycles. The molecule has 1 atom stereocenters. The van der Waals surface area contributed by atoms with Gasteiger partial charge in [-0.1, -0.05) is 66.7 Å². The lowest BCUT2D eigenvalue weighted by atomic mass is 10.0. The van der Waals surface area contributed by atoms with Crippen molar-refractivity contribution in [2.75, 3.05) is 33.4 Å². The maximum Gasteiger partial charge on any atom is 0.123 e. The van der Waals surface area contributed by atoms with Crippen LogP contribution in [0.1, 0.15) is 30.1 Å². The Kier molecular flexibility index (Phi) is 7.59. The molecule has 1 aliphatic rings. The highest BCUT2D eigenvalue weighted by atomic mass is 16.5. The zero-order chi connectivity index (χ0) is 21.3. The second-order valence-electron chi connectivity index (χ2n) is 7.93. The summed E-state index contributed by atoms with van der Waals surface area (Å²) < 4.78 is 17.9. The van der Waals surface area contributed by atoms with Crippen LogP contribution >= 0.6 is 0 Å². The number of ether oxygens (including phenoxy) is 3. The highest BCUT2D eigenvalue weighted by molar-refractivity contribution is 5.33. The van der Waals surface area contributed by atoms with Gasteiger partial charge in [-0.3, -0.25) is 4.90 Å². The summed E-state index contributed by atoms with van der Waals surface area (Å²) in [6, 6.07) is 28.8. The molecular weight excluding hydrogens is 386 g/mol. The summed E-state index contributed by atoms with van der Waals surface area (Å²) in [6.07, 6.45) is 2.39.